The van der Waals surface area contributed by atoms with E-state index in [9.17, 15) is 4.79 Å². The maximum atomic E-state index is 12.7. The highest BCUT2D eigenvalue weighted by atomic mass is 16.6. The second kappa shape index (κ2) is 6.44. The highest BCUT2D eigenvalue weighted by Gasteiger charge is 2.22. The van der Waals surface area contributed by atoms with Crippen LogP contribution in [0.3, 0.4) is 0 Å². The number of carbonyl (C=O) groups is 1. The Morgan fingerprint density at radius 1 is 1.19 bits per heavy atom. The number of nitrogens with zero attached hydrogens (tertiary/aromatic N) is 5. The van der Waals surface area contributed by atoms with Crippen molar-refractivity contribution < 1.29 is 9.42 Å². The predicted octanol–water partition coefficient (Wildman–Crippen LogP) is 2.84. The molecule has 1 aliphatic heterocycles. The third-order valence-electron chi connectivity index (χ3n) is 4.89. The number of amides is 1. The zero-order chi connectivity index (χ0) is 18.3. The van der Waals surface area contributed by atoms with Crippen LogP contribution in [0.2, 0.25) is 0 Å². The van der Waals surface area contributed by atoms with Gasteiger partial charge in [0.2, 0.25) is 5.91 Å². The summed E-state index contributed by atoms with van der Waals surface area (Å²) in [5.41, 5.74) is 4.70. The molecule has 2 aromatic heterocycles. The molecule has 1 aliphatic rings. The largest absolute Gasteiger partial charge is 0.370 e. The Bertz CT molecular complexity index is 954. The molecule has 1 N–H and O–H groups in total. The summed E-state index contributed by atoms with van der Waals surface area (Å²) in [6, 6.07) is 5.36. The normalized spacial score (nSPS) is 15.6. The minimum absolute atomic E-state index is 0.158. The number of hydrogen-bond donors (Lipinski definition) is 1. The Hall–Kier alpha value is -2.90. The van der Waals surface area contributed by atoms with Crippen molar-refractivity contribution in [2.24, 2.45) is 0 Å². The van der Waals surface area contributed by atoms with Gasteiger partial charge < -0.3 is 10.2 Å². The van der Waals surface area contributed by atoms with Gasteiger partial charge in [0.25, 0.3) is 0 Å². The van der Waals surface area contributed by atoms with Crippen molar-refractivity contribution in [3.05, 3.63) is 29.6 Å². The number of benzene rings is 1. The summed E-state index contributed by atoms with van der Waals surface area (Å²) in [6.45, 7) is 7.68. The van der Waals surface area contributed by atoms with Crippen LogP contribution in [-0.2, 0) is 4.79 Å². The summed E-state index contributed by atoms with van der Waals surface area (Å²) in [4.78, 5) is 15.0. The van der Waals surface area contributed by atoms with Crippen LogP contribution in [0.25, 0.3) is 11.0 Å². The van der Waals surface area contributed by atoms with Gasteiger partial charge >= 0.3 is 0 Å². The molecule has 0 bridgehead atoms. The van der Waals surface area contributed by atoms with Gasteiger partial charge in [-0.25, -0.2) is 4.63 Å². The lowest BCUT2D eigenvalue weighted by molar-refractivity contribution is -0.119. The quantitative estimate of drug-likeness (QED) is 0.775. The van der Waals surface area contributed by atoms with Crippen molar-refractivity contribution >= 4 is 28.3 Å². The lowest BCUT2D eigenvalue weighted by Crippen LogP contribution is -2.25. The van der Waals surface area contributed by atoms with Crippen LogP contribution in [0.4, 0.5) is 11.4 Å². The fraction of sp³-hybridized carbons (Fsp3) is 0.444. The maximum Gasteiger partial charge on any atom is 0.249 e. The van der Waals surface area contributed by atoms with Crippen LogP contribution in [0.1, 0.15) is 37.2 Å². The minimum atomic E-state index is -0.433. The maximum absolute atomic E-state index is 12.7. The van der Waals surface area contributed by atoms with Crippen molar-refractivity contribution in [2.45, 2.75) is 39.7 Å². The molecule has 3 aromatic rings. The zero-order valence-electron chi connectivity index (χ0n) is 15.2. The Labute approximate surface area is 151 Å². The van der Waals surface area contributed by atoms with Crippen molar-refractivity contribution in [3.63, 3.8) is 0 Å². The zero-order valence-corrected chi connectivity index (χ0v) is 15.2. The molecule has 0 radical (unpaired) electrons. The van der Waals surface area contributed by atoms with Crippen molar-refractivity contribution in [2.75, 3.05) is 23.3 Å². The van der Waals surface area contributed by atoms with E-state index in [1.165, 1.54) is 12.8 Å². The van der Waals surface area contributed by atoms with Crippen molar-refractivity contribution in [3.8, 4) is 0 Å². The van der Waals surface area contributed by atoms with E-state index in [1.807, 2.05) is 39.0 Å². The molecule has 0 saturated carbocycles. The number of rotatable bonds is 4. The Balaban J connectivity index is 1.61. The van der Waals surface area contributed by atoms with Gasteiger partial charge in [0.05, 0.1) is 17.1 Å². The van der Waals surface area contributed by atoms with Crippen LogP contribution in [-0.4, -0.2) is 39.1 Å². The fourth-order valence-electron chi connectivity index (χ4n) is 3.55. The summed E-state index contributed by atoms with van der Waals surface area (Å²) in [5, 5.41) is 15.4. The molecule has 0 spiro atoms. The molecule has 136 valence electrons. The molecule has 1 amide bonds. The first kappa shape index (κ1) is 16.6. The van der Waals surface area contributed by atoms with Crippen LogP contribution < -0.4 is 10.2 Å². The van der Waals surface area contributed by atoms with Crippen LogP contribution in [0.5, 0.6) is 0 Å². The summed E-state index contributed by atoms with van der Waals surface area (Å²) in [6.07, 6.45) is 2.34. The van der Waals surface area contributed by atoms with Gasteiger partial charge in [0.1, 0.15) is 6.04 Å². The molecular weight excluding hydrogens is 332 g/mol. The molecule has 1 saturated heterocycles. The number of aromatic nitrogens is 4. The van der Waals surface area contributed by atoms with E-state index < -0.39 is 6.04 Å². The minimum Gasteiger partial charge on any atom is -0.370 e. The van der Waals surface area contributed by atoms with Gasteiger partial charge in [-0.1, -0.05) is 0 Å². The second-order valence-corrected chi connectivity index (χ2v) is 6.82. The molecule has 8 nitrogen and oxygen atoms in total. The molecule has 4 rings (SSSR count). The molecule has 3 heterocycles. The third kappa shape index (κ3) is 2.81. The molecular formula is C18H22N6O2. The number of nitrogens with one attached hydrogen (secondary N) is 1. The van der Waals surface area contributed by atoms with Gasteiger partial charge in [0, 0.05) is 18.8 Å². The summed E-state index contributed by atoms with van der Waals surface area (Å²) in [5.74, 6) is -0.158. The first-order valence-electron chi connectivity index (χ1n) is 8.88. The van der Waals surface area contributed by atoms with E-state index in [1.54, 1.807) is 4.68 Å². The van der Waals surface area contributed by atoms with E-state index in [4.69, 9.17) is 4.63 Å². The van der Waals surface area contributed by atoms with Gasteiger partial charge in [-0.05, 0) is 62.1 Å². The van der Waals surface area contributed by atoms with Crippen LogP contribution in [0.15, 0.2) is 22.8 Å². The molecule has 1 atom stereocenters. The third-order valence-corrected chi connectivity index (χ3v) is 4.89. The van der Waals surface area contributed by atoms with Crippen LogP contribution >= 0.6 is 0 Å². The molecule has 8 heteroatoms. The number of anilines is 2. The van der Waals surface area contributed by atoms with Gasteiger partial charge in [-0.15, -0.1) is 0 Å². The van der Waals surface area contributed by atoms with E-state index in [2.05, 4.69) is 25.6 Å². The second-order valence-electron chi connectivity index (χ2n) is 6.82. The van der Waals surface area contributed by atoms with E-state index in [-0.39, 0.29) is 5.91 Å². The molecule has 1 aromatic carbocycles. The summed E-state index contributed by atoms with van der Waals surface area (Å²) in [7, 11) is 0. The lowest BCUT2D eigenvalue weighted by atomic mass is 10.2. The SMILES string of the molecule is Cc1cc(C)n([C@H](C)C(=O)Nc2ccc(N3CCCC3)c3nonc23)n1. The summed E-state index contributed by atoms with van der Waals surface area (Å²) >= 11 is 0. The van der Waals surface area contributed by atoms with Crippen molar-refractivity contribution in [1.82, 2.24) is 20.1 Å². The average molecular weight is 354 g/mol. The number of hydrogen-bond acceptors (Lipinski definition) is 6. The Morgan fingerprint density at radius 2 is 1.92 bits per heavy atom. The topological polar surface area (TPSA) is 89.1 Å². The number of aryl methyl sites for hydroxylation is 2. The molecule has 0 unspecified atom stereocenters. The van der Waals surface area contributed by atoms with Crippen LogP contribution in [0, 0.1) is 13.8 Å². The predicted molar refractivity (Wildman–Crippen MR) is 98.3 cm³/mol. The summed E-state index contributed by atoms with van der Waals surface area (Å²) < 4.78 is 6.68. The monoisotopic (exact) mass is 354 g/mol. The van der Waals surface area contributed by atoms with Crippen molar-refractivity contribution in [1.29, 1.82) is 0 Å². The highest BCUT2D eigenvalue weighted by molar-refractivity contribution is 6.03. The molecule has 1 fully saturated rings. The molecule has 0 aliphatic carbocycles. The first-order chi connectivity index (χ1) is 12.5. The standard InChI is InChI=1S/C18H22N6O2/c1-11-10-12(2)24(20-11)13(3)18(25)19-14-6-7-15(23-8-4-5-9-23)17-16(14)21-26-22-17/h6-7,10,13H,4-5,8-9H2,1-3H3,(H,19,25)/t13-/m1/s1. The Morgan fingerprint density at radius 3 is 2.62 bits per heavy atom. The lowest BCUT2D eigenvalue weighted by Gasteiger charge is -2.18. The van der Waals surface area contributed by atoms with Gasteiger partial charge in [0.15, 0.2) is 11.0 Å². The van der Waals surface area contributed by atoms with Gasteiger partial charge in [-0.3, -0.25) is 9.48 Å². The average Bonchev–Trinajstić information content (AvgIpc) is 3.35. The van der Waals surface area contributed by atoms with E-state index in [0.29, 0.717) is 16.7 Å². The molecule has 26 heavy (non-hydrogen) atoms. The number of carbonyl (C=O) groups excluding carboxylic acids is 1. The van der Waals surface area contributed by atoms with E-state index in [0.717, 1.165) is 30.2 Å². The number of fused-ring (bicyclic) bond motifs is 1. The van der Waals surface area contributed by atoms with E-state index >= 15 is 0 Å². The fourth-order valence-corrected chi connectivity index (χ4v) is 3.55. The first-order valence-corrected chi connectivity index (χ1v) is 8.88. The Kier molecular flexibility index (Phi) is 4.10. The smallest absolute Gasteiger partial charge is 0.249 e. The van der Waals surface area contributed by atoms with Gasteiger partial charge in [-0.2, -0.15) is 5.10 Å². The highest BCUT2D eigenvalue weighted by Crippen LogP contribution is 2.32.